The minimum Gasteiger partial charge on any atom is -0.496 e. The fourth-order valence-corrected chi connectivity index (χ4v) is 1.62. The lowest BCUT2D eigenvalue weighted by atomic mass is 10.2. The topological polar surface area (TPSA) is 38.8 Å². The Hall–Kier alpha value is -1.62. The molecule has 0 N–H and O–H groups in total. The number of esters is 1. The van der Waals surface area contributed by atoms with E-state index in [9.17, 15) is 9.18 Å². The molecule has 0 saturated carbocycles. The summed E-state index contributed by atoms with van der Waals surface area (Å²) in [6.45, 7) is 1.06. The van der Waals surface area contributed by atoms with Crippen molar-refractivity contribution >= 4 is 5.97 Å². The summed E-state index contributed by atoms with van der Waals surface area (Å²) >= 11 is 0. The first-order chi connectivity index (χ1) is 8.56. The Morgan fingerprint density at radius 3 is 2.72 bits per heavy atom. The molecule has 5 heteroatoms. The van der Waals surface area contributed by atoms with Crippen LogP contribution in [0.3, 0.4) is 0 Å². The third-order valence-electron chi connectivity index (χ3n) is 2.61. The van der Waals surface area contributed by atoms with Gasteiger partial charge in [0.05, 0.1) is 20.6 Å². The standard InChI is InChI=1S/C13H18FNO3/c1-15(7-6-13(16)18-3)9-10-8-11(14)4-5-12(10)17-2/h4-5,8H,6-7,9H2,1-3H3. The van der Waals surface area contributed by atoms with Gasteiger partial charge in [-0.05, 0) is 25.2 Å². The van der Waals surface area contributed by atoms with Crippen molar-refractivity contribution in [1.82, 2.24) is 4.90 Å². The van der Waals surface area contributed by atoms with Crippen LogP contribution in [0.4, 0.5) is 4.39 Å². The van der Waals surface area contributed by atoms with E-state index in [2.05, 4.69) is 4.74 Å². The molecular formula is C13H18FNO3. The van der Waals surface area contributed by atoms with Crippen molar-refractivity contribution in [3.8, 4) is 5.75 Å². The van der Waals surface area contributed by atoms with Crippen LogP contribution in [0.1, 0.15) is 12.0 Å². The molecule has 0 aromatic heterocycles. The summed E-state index contributed by atoms with van der Waals surface area (Å²) in [5, 5.41) is 0. The van der Waals surface area contributed by atoms with Gasteiger partial charge in [0.2, 0.25) is 0 Å². The Balaban J connectivity index is 2.60. The summed E-state index contributed by atoms with van der Waals surface area (Å²) in [4.78, 5) is 12.9. The van der Waals surface area contributed by atoms with Gasteiger partial charge in [-0.3, -0.25) is 4.79 Å². The molecule has 18 heavy (non-hydrogen) atoms. The van der Waals surface area contributed by atoms with Crippen molar-refractivity contribution in [2.75, 3.05) is 27.8 Å². The molecule has 1 aromatic carbocycles. The predicted molar refractivity (Wildman–Crippen MR) is 65.9 cm³/mol. The zero-order valence-corrected chi connectivity index (χ0v) is 10.9. The van der Waals surface area contributed by atoms with E-state index in [1.165, 1.54) is 19.2 Å². The highest BCUT2D eigenvalue weighted by atomic mass is 19.1. The minimum absolute atomic E-state index is 0.256. The fourth-order valence-electron chi connectivity index (χ4n) is 1.62. The molecule has 4 nitrogen and oxygen atoms in total. The second kappa shape index (κ2) is 6.96. The molecule has 0 aliphatic carbocycles. The van der Waals surface area contributed by atoms with Crippen LogP contribution in [0.25, 0.3) is 0 Å². The van der Waals surface area contributed by atoms with Gasteiger partial charge in [0.25, 0.3) is 0 Å². The number of carbonyl (C=O) groups excluding carboxylic acids is 1. The van der Waals surface area contributed by atoms with Crippen molar-refractivity contribution in [3.05, 3.63) is 29.6 Å². The molecule has 1 rings (SSSR count). The average molecular weight is 255 g/mol. The molecule has 0 unspecified atom stereocenters. The van der Waals surface area contributed by atoms with Gasteiger partial charge in [-0.1, -0.05) is 0 Å². The van der Waals surface area contributed by atoms with Gasteiger partial charge in [-0.2, -0.15) is 0 Å². The van der Waals surface area contributed by atoms with Crippen molar-refractivity contribution < 1.29 is 18.7 Å². The highest BCUT2D eigenvalue weighted by Crippen LogP contribution is 2.20. The van der Waals surface area contributed by atoms with Crippen LogP contribution >= 0.6 is 0 Å². The van der Waals surface area contributed by atoms with E-state index < -0.39 is 0 Å². The van der Waals surface area contributed by atoms with Gasteiger partial charge in [-0.25, -0.2) is 4.39 Å². The zero-order chi connectivity index (χ0) is 13.5. The molecule has 0 heterocycles. The van der Waals surface area contributed by atoms with E-state index in [1.54, 1.807) is 13.2 Å². The molecule has 0 aliphatic heterocycles. The number of hydrogen-bond donors (Lipinski definition) is 0. The highest BCUT2D eigenvalue weighted by Gasteiger charge is 2.09. The Morgan fingerprint density at radius 1 is 1.39 bits per heavy atom. The number of methoxy groups -OCH3 is 2. The van der Waals surface area contributed by atoms with Crippen molar-refractivity contribution in [1.29, 1.82) is 0 Å². The molecule has 0 bridgehead atoms. The molecule has 100 valence electrons. The summed E-state index contributed by atoms with van der Waals surface area (Å²) in [6, 6.07) is 4.39. The van der Waals surface area contributed by atoms with Crippen molar-refractivity contribution in [2.24, 2.45) is 0 Å². The number of benzene rings is 1. The lowest BCUT2D eigenvalue weighted by molar-refractivity contribution is -0.140. The Morgan fingerprint density at radius 2 is 2.11 bits per heavy atom. The number of carbonyl (C=O) groups is 1. The average Bonchev–Trinajstić information content (AvgIpc) is 2.36. The van der Waals surface area contributed by atoms with Crippen molar-refractivity contribution in [2.45, 2.75) is 13.0 Å². The van der Waals surface area contributed by atoms with Crippen LogP contribution in [0, 0.1) is 5.82 Å². The molecule has 0 saturated heterocycles. The second-order valence-corrected chi connectivity index (χ2v) is 4.02. The molecule has 1 aromatic rings. The van der Waals surface area contributed by atoms with Gasteiger partial charge in [0.1, 0.15) is 11.6 Å². The van der Waals surface area contributed by atoms with E-state index in [0.29, 0.717) is 25.3 Å². The molecule has 0 aliphatic rings. The fraction of sp³-hybridized carbons (Fsp3) is 0.462. The van der Waals surface area contributed by atoms with Gasteiger partial charge < -0.3 is 14.4 Å². The Kier molecular flexibility index (Phi) is 5.58. The Bertz CT molecular complexity index is 409. The highest BCUT2D eigenvalue weighted by molar-refractivity contribution is 5.69. The molecule has 0 spiro atoms. The van der Waals surface area contributed by atoms with E-state index in [4.69, 9.17) is 4.74 Å². The zero-order valence-electron chi connectivity index (χ0n) is 10.9. The van der Waals surface area contributed by atoms with Crippen LogP contribution in [0.15, 0.2) is 18.2 Å². The molecular weight excluding hydrogens is 237 g/mol. The van der Waals surface area contributed by atoms with Crippen LogP contribution in [-0.2, 0) is 16.1 Å². The first-order valence-corrected chi connectivity index (χ1v) is 5.64. The van der Waals surface area contributed by atoms with E-state index in [1.807, 2.05) is 11.9 Å². The van der Waals surface area contributed by atoms with Crippen molar-refractivity contribution in [3.63, 3.8) is 0 Å². The van der Waals surface area contributed by atoms with E-state index in [0.717, 1.165) is 5.56 Å². The SMILES string of the molecule is COC(=O)CCN(C)Cc1cc(F)ccc1OC. The lowest BCUT2D eigenvalue weighted by Crippen LogP contribution is -2.22. The molecule has 0 atom stereocenters. The third-order valence-corrected chi connectivity index (χ3v) is 2.61. The van der Waals surface area contributed by atoms with Gasteiger partial charge >= 0.3 is 5.97 Å². The minimum atomic E-state index is -0.299. The summed E-state index contributed by atoms with van der Waals surface area (Å²) in [5.41, 5.74) is 0.755. The number of hydrogen-bond acceptors (Lipinski definition) is 4. The summed E-state index contributed by atoms with van der Waals surface area (Å²) in [7, 11) is 4.76. The lowest BCUT2D eigenvalue weighted by Gasteiger charge is -2.17. The second-order valence-electron chi connectivity index (χ2n) is 4.02. The van der Waals surface area contributed by atoms with Gasteiger partial charge in [-0.15, -0.1) is 0 Å². The summed E-state index contributed by atoms with van der Waals surface area (Å²) in [6.07, 6.45) is 0.310. The molecule has 0 radical (unpaired) electrons. The maximum atomic E-state index is 13.2. The van der Waals surface area contributed by atoms with E-state index >= 15 is 0 Å². The predicted octanol–water partition coefficient (Wildman–Crippen LogP) is 1.83. The third kappa shape index (κ3) is 4.33. The van der Waals surface area contributed by atoms with Crippen LogP contribution in [0.5, 0.6) is 5.75 Å². The number of ether oxygens (including phenoxy) is 2. The monoisotopic (exact) mass is 255 g/mol. The quantitative estimate of drug-likeness (QED) is 0.727. The number of nitrogens with zero attached hydrogens (tertiary/aromatic N) is 1. The number of rotatable bonds is 6. The first-order valence-electron chi connectivity index (χ1n) is 5.64. The first kappa shape index (κ1) is 14.4. The normalized spacial score (nSPS) is 10.5. The maximum absolute atomic E-state index is 13.2. The van der Waals surface area contributed by atoms with Crippen LogP contribution < -0.4 is 4.74 Å². The summed E-state index contributed by atoms with van der Waals surface area (Å²) in [5.74, 6) is 0.0848. The Labute approximate surface area is 106 Å². The molecule has 0 fully saturated rings. The van der Waals surface area contributed by atoms with Crippen LogP contribution in [0.2, 0.25) is 0 Å². The van der Waals surface area contributed by atoms with Gasteiger partial charge in [0.15, 0.2) is 0 Å². The number of halogens is 1. The van der Waals surface area contributed by atoms with Gasteiger partial charge in [0, 0.05) is 18.7 Å². The largest absolute Gasteiger partial charge is 0.496 e. The smallest absolute Gasteiger partial charge is 0.306 e. The van der Waals surface area contributed by atoms with Crippen LogP contribution in [-0.4, -0.2) is 38.7 Å². The maximum Gasteiger partial charge on any atom is 0.306 e. The molecule has 0 amide bonds. The van der Waals surface area contributed by atoms with E-state index in [-0.39, 0.29) is 11.8 Å². The summed E-state index contributed by atoms with van der Waals surface area (Å²) < 4.78 is 22.9.